The highest BCUT2D eigenvalue weighted by molar-refractivity contribution is 5.90. The first-order valence-electron chi connectivity index (χ1n) is 18.8. The molecule has 0 saturated carbocycles. The Labute approximate surface area is 324 Å². The van der Waals surface area contributed by atoms with Gasteiger partial charge in [-0.05, 0) is 46.5 Å². The summed E-state index contributed by atoms with van der Waals surface area (Å²) in [6.07, 6.45) is 0. The summed E-state index contributed by atoms with van der Waals surface area (Å²) in [6, 6.07) is 67.0. The van der Waals surface area contributed by atoms with Gasteiger partial charge >= 0.3 is 0 Å². The molecule has 5 heteroatoms. The summed E-state index contributed by atoms with van der Waals surface area (Å²) < 4.78 is 7.02. The summed E-state index contributed by atoms with van der Waals surface area (Å²) in [5, 5.41) is 0. The molecular weight excluding hydrogens is 685 g/mol. The van der Waals surface area contributed by atoms with E-state index < -0.39 is 5.41 Å². The molecule has 1 aliphatic heterocycles. The summed E-state index contributed by atoms with van der Waals surface area (Å²) in [7, 11) is 0. The second-order valence-electron chi connectivity index (χ2n) is 14.1. The van der Waals surface area contributed by atoms with Gasteiger partial charge in [-0.1, -0.05) is 170 Å². The molecule has 0 saturated heterocycles. The standard InChI is InChI=1S/C51H32N4O/c1-4-17-33(18-5-1)44-32-31-38(46(52-44)34-19-6-2-7-20-34)49-53-48(35-21-8-3-9-22-35)54-50(55-49)39-25-16-29-43-47(39)56-45-30-15-14-28-42(45)51(43)40-26-12-10-23-36(40)37-24-11-13-27-41(37)51/h1-32H. The minimum absolute atomic E-state index is 0.519. The van der Waals surface area contributed by atoms with E-state index in [1.165, 1.54) is 22.3 Å². The van der Waals surface area contributed by atoms with Gasteiger partial charge in [-0.15, -0.1) is 0 Å². The monoisotopic (exact) mass is 716 g/mol. The maximum Gasteiger partial charge on any atom is 0.167 e. The van der Waals surface area contributed by atoms with Crippen molar-refractivity contribution in [1.82, 2.24) is 19.9 Å². The van der Waals surface area contributed by atoms with E-state index in [1.807, 2.05) is 78.9 Å². The number of ether oxygens (including phenoxy) is 1. The van der Waals surface area contributed by atoms with E-state index in [1.54, 1.807) is 0 Å². The average molecular weight is 717 g/mol. The molecule has 1 spiro atoms. The van der Waals surface area contributed by atoms with Crippen LogP contribution in [0.4, 0.5) is 0 Å². The highest BCUT2D eigenvalue weighted by Gasteiger charge is 2.51. The molecule has 1 aliphatic carbocycles. The van der Waals surface area contributed by atoms with Gasteiger partial charge in [-0.3, -0.25) is 0 Å². The Bertz CT molecular complexity index is 2900. The van der Waals surface area contributed by atoms with Crippen LogP contribution in [0, 0.1) is 0 Å². The van der Waals surface area contributed by atoms with Gasteiger partial charge < -0.3 is 4.74 Å². The third-order valence-electron chi connectivity index (χ3n) is 11.0. The predicted molar refractivity (Wildman–Crippen MR) is 222 cm³/mol. The second kappa shape index (κ2) is 12.8. The lowest BCUT2D eigenvalue weighted by atomic mass is 9.66. The van der Waals surface area contributed by atoms with E-state index in [2.05, 4.69) is 115 Å². The van der Waals surface area contributed by atoms with Crippen molar-refractivity contribution in [3.8, 4) is 79.3 Å². The van der Waals surface area contributed by atoms with E-state index in [4.69, 9.17) is 24.7 Å². The number of aromatic nitrogens is 4. The van der Waals surface area contributed by atoms with Crippen LogP contribution in [-0.4, -0.2) is 19.9 Å². The minimum Gasteiger partial charge on any atom is -0.456 e. The van der Waals surface area contributed by atoms with Crippen LogP contribution in [0.1, 0.15) is 22.3 Å². The quantitative estimate of drug-likeness (QED) is 0.177. The van der Waals surface area contributed by atoms with Crippen LogP contribution < -0.4 is 4.74 Å². The van der Waals surface area contributed by atoms with Crippen LogP contribution in [-0.2, 0) is 5.41 Å². The lowest BCUT2D eigenvalue weighted by Gasteiger charge is -2.39. The largest absolute Gasteiger partial charge is 0.456 e. The summed E-state index contributed by atoms with van der Waals surface area (Å²) >= 11 is 0. The van der Waals surface area contributed by atoms with E-state index in [-0.39, 0.29) is 0 Å². The van der Waals surface area contributed by atoms with Crippen LogP contribution in [0.2, 0.25) is 0 Å². The highest BCUT2D eigenvalue weighted by Crippen LogP contribution is 2.63. The van der Waals surface area contributed by atoms with Gasteiger partial charge in [0.15, 0.2) is 17.5 Å². The maximum absolute atomic E-state index is 7.02. The Morgan fingerprint density at radius 1 is 0.321 bits per heavy atom. The average Bonchev–Trinajstić information content (AvgIpc) is 3.57. The van der Waals surface area contributed by atoms with Gasteiger partial charge in [0.25, 0.3) is 0 Å². The van der Waals surface area contributed by atoms with Crippen molar-refractivity contribution in [2.75, 3.05) is 0 Å². The molecule has 0 amide bonds. The molecule has 262 valence electrons. The van der Waals surface area contributed by atoms with Gasteiger partial charge in [0, 0.05) is 33.4 Å². The lowest BCUT2D eigenvalue weighted by Crippen LogP contribution is -2.32. The molecule has 11 rings (SSSR count). The summed E-state index contributed by atoms with van der Waals surface area (Å²) in [6.45, 7) is 0. The molecule has 0 N–H and O–H groups in total. The first-order valence-corrected chi connectivity index (χ1v) is 18.8. The fourth-order valence-electron chi connectivity index (χ4n) is 8.61. The maximum atomic E-state index is 7.02. The van der Waals surface area contributed by atoms with Crippen LogP contribution in [0.3, 0.4) is 0 Å². The molecule has 3 heterocycles. The molecule has 0 atom stereocenters. The van der Waals surface area contributed by atoms with E-state index in [0.29, 0.717) is 17.5 Å². The zero-order valence-corrected chi connectivity index (χ0v) is 30.2. The number of rotatable bonds is 5. The fraction of sp³-hybridized carbons (Fsp3) is 0.0196. The zero-order valence-electron chi connectivity index (χ0n) is 30.2. The van der Waals surface area contributed by atoms with Crippen LogP contribution in [0.5, 0.6) is 11.5 Å². The van der Waals surface area contributed by atoms with Crippen LogP contribution in [0.25, 0.3) is 67.8 Å². The van der Waals surface area contributed by atoms with E-state index in [9.17, 15) is 0 Å². The van der Waals surface area contributed by atoms with E-state index >= 15 is 0 Å². The highest BCUT2D eigenvalue weighted by atomic mass is 16.5. The van der Waals surface area contributed by atoms with Gasteiger partial charge in [0.05, 0.1) is 22.4 Å². The van der Waals surface area contributed by atoms with Crippen molar-refractivity contribution in [2.24, 2.45) is 0 Å². The van der Waals surface area contributed by atoms with E-state index in [0.717, 1.165) is 61.8 Å². The van der Waals surface area contributed by atoms with Crippen LogP contribution in [0.15, 0.2) is 194 Å². The topological polar surface area (TPSA) is 60.8 Å². The molecule has 2 aliphatic rings. The number of hydrogen-bond acceptors (Lipinski definition) is 5. The smallest absolute Gasteiger partial charge is 0.167 e. The molecule has 0 bridgehead atoms. The molecular formula is C51H32N4O. The van der Waals surface area contributed by atoms with Gasteiger partial charge in [0.1, 0.15) is 11.5 Å². The molecule has 5 nitrogen and oxygen atoms in total. The van der Waals surface area contributed by atoms with Crippen molar-refractivity contribution in [3.63, 3.8) is 0 Å². The van der Waals surface area contributed by atoms with Gasteiger partial charge in [-0.25, -0.2) is 19.9 Å². The number of pyridine rings is 1. The van der Waals surface area contributed by atoms with Crippen molar-refractivity contribution in [1.29, 1.82) is 0 Å². The minimum atomic E-state index is -0.608. The summed E-state index contributed by atoms with van der Waals surface area (Å²) in [4.78, 5) is 20.9. The fourth-order valence-corrected chi connectivity index (χ4v) is 8.61. The van der Waals surface area contributed by atoms with Gasteiger partial charge in [0.2, 0.25) is 0 Å². The number of benzene rings is 7. The lowest BCUT2D eigenvalue weighted by molar-refractivity contribution is 0.437. The Hall–Kier alpha value is -7.50. The number of para-hydroxylation sites is 2. The predicted octanol–water partition coefficient (Wildman–Crippen LogP) is 12.1. The van der Waals surface area contributed by atoms with Crippen molar-refractivity contribution in [3.05, 3.63) is 216 Å². The Balaban J connectivity index is 1.18. The molecule has 9 aromatic rings. The van der Waals surface area contributed by atoms with Crippen molar-refractivity contribution < 1.29 is 4.74 Å². The normalized spacial score (nSPS) is 12.9. The third-order valence-corrected chi connectivity index (χ3v) is 11.0. The molecule has 0 radical (unpaired) electrons. The summed E-state index contributed by atoms with van der Waals surface area (Å²) in [5.41, 5.74) is 12.6. The molecule has 0 unspecified atom stereocenters. The number of nitrogens with zero attached hydrogens (tertiary/aromatic N) is 4. The molecule has 2 aromatic heterocycles. The number of hydrogen-bond donors (Lipinski definition) is 0. The first kappa shape index (κ1) is 32.0. The van der Waals surface area contributed by atoms with Crippen molar-refractivity contribution >= 4 is 0 Å². The molecule has 56 heavy (non-hydrogen) atoms. The van der Waals surface area contributed by atoms with Crippen LogP contribution >= 0.6 is 0 Å². The third kappa shape index (κ3) is 4.88. The first-order chi connectivity index (χ1) is 27.8. The molecule has 7 aromatic carbocycles. The zero-order chi connectivity index (χ0) is 37.1. The number of fused-ring (bicyclic) bond motifs is 9. The Morgan fingerprint density at radius 3 is 1.50 bits per heavy atom. The second-order valence-corrected chi connectivity index (χ2v) is 14.1. The molecule has 0 fully saturated rings. The SMILES string of the molecule is c1ccc(-c2ccc(-c3nc(-c4ccccc4)nc(-c4cccc5c4Oc4ccccc4C54c5ccccc5-c5ccccc54)n3)c(-c3ccccc3)n2)cc1. The van der Waals surface area contributed by atoms with Gasteiger partial charge in [-0.2, -0.15) is 0 Å². The van der Waals surface area contributed by atoms with Crippen molar-refractivity contribution in [2.45, 2.75) is 5.41 Å². The Kier molecular flexibility index (Phi) is 7.32. The Morgan fingerprint density at radius 2 is 0.821 bits per heavy atom. The summed E-state index contributed by atoms with van der Waals surface area (Å²) in [5.74, 6) is 3.15.